The topological polar surface area (TPSA) is 76.7 Å². The molecule has 0 saturated carbocycles. The number of hydrogen-bond donors (Lipinski definition) is 2. The summed E-state index contributed by atoms with van der Waals surface area (Å²) in [7, 11) is 3.00. The molecule has 0 aliphatic heterocycles. The van der Waals surface area contributed by atoms with Gasteiger partial charge in [-0.3, -0.25) is 9.59 Å². The van der Waals surface area contributed by atoms with E-state index in [-0.39, 0.29) is 0 Å². The van der Waals surface area contributed by atoms with Crippen molar-refractivity contribution in [3.63, 3.8) is 0 Å². The van der Waals surface area contributed by atoms with E-state index < -0.39 is 11.8 Å². The maximum Gasteiger partial charge on any atom is 0.314 e. The number of nitrogens with one attached hydrogen (secondary N) is 2. The maximum absolute atomic E-state index is 12.1. The summed E-state index contributed by atoms with van der Waals surface area (Å²) in [5.74, 6) is -0.543. The number of hydrogen-bond acceptors (Lipinski definition) is 4. The predicted molar refractivity (Wildman–Crippen MR) is 101 cm³/mol. The molecule has 7 heteroatoms. The van der Waals surface area contributed by atoms with Crippen LogP contribution >= 0.6 is 22.6 Å². The van der Waals surface area contributed by atoms with E-state index in [1.807, 2.05) is 19.1 Å². The summed E-state index contributed by atoms with van der Waals surface area (Å²) in [6, 6.07) is 10.4. The third kappa shape index (κ3) is 4.38. The summed E-state index contributed by atoms with van der Waals surface area (Å²) < 4.78 is 11.3. The van der Waals surface area contributed by atoms with Gasteiger partial charge in [0, 0.05) is 15.3 Å². The van der Waals surface area contributed by atoms with Gasteiger partial charge in [-0.2, -0.15) is 0 Å². The molecule has 2 amide bonds. The van der Waals surface area contributed by atoms with Crippen molar-refractivity contribution in [1.82, 2.24) is 0 Å². The average molecular weight is 440 g/mol. The Labute approximate surface area is 153 Å². The average Bonchev–Trinajstić information content (AvgIpc) is 2.57. The molecule has 2 aromatic rings. The molecule has 6 nitrogen and oxygen atoms in total. The third-order valence-electron chi connectivity index (χ3n) is 3.30. The third-order valence-corrected chi connectivity index (χ3v) is 3.97. The van der Waals surface area contributed by atoms with Gasteiger partial charge >= 0.3 is 11.8 Å². The zero-order valence-corrected chi connectivity index (χ0v) is 15.6. The minimum absolute atomic E-state index is 0.387. The lowest BCUT2D eigenvalue weighted by Crippen LogP contribution is -2.29. The van der Waals surface area contributed by atoms with Crippen molar-refractivity contribution < 1.29 is 19.1 Å². The molecule has 0 heterocycles. The van der Waals surface area contributed by atoms with E-state index in [0.717, 1.165) is 9.13 Å². The zero-order valence-electron chi connectivity index (χ0n) is 13.5. The number of benzene rings is 2. The number of carbonyl (C=O) groups is 2. The van der Waals surface area contributed by atoms with E-state index in [9.17, 15) is 9.59 Å². The maximum atomic E-state index is 12.1. The van der Waals surface area contributed by atoms with Crippen LogP contribution < -0.4 is 20.1 Å². The van der Waals surface area contributed by atoms with E-state index in [0.29, 0.717) is 22.9 Å². The molecule has 0 fully saturated rings. The number of methoxy groups -OCH3 is 2. The van der Waals surface area contributed by atoms with Crippen LogP contribution in [0.3, 0.4) is 0 Å². The number of aryl methyl sites for hydroxylation is 1. The van der Waals surface area contributed by atoms with E-state index in [1.54, 1.807) is 24.3 Å². The second-order valence-electron chi connectivity index (χ2n) is 4.93. The van der Waals surface area contributed by atoms with Crippen LogP contribution in [0.4, 0.5) is 11.4 Å². The van der Waals surface area contributed by atoms with Gasteiger partial charge in [0.15, 0.2) is 0 Å². The Balaban J connectivity index is 2.10. The molecular weight excluding hydrogens is 423 g/mol. The van der Waals surface area contributed by atoms with E-state index >= 15 is 0 Å². The summed E-state index contributed by atoms with van der Waals surface area (Å²) >= 11 is 2.18. The first-order valence-corrected chi connectivity index (χ1v) is 8.13. The van der Waals surface area contributed by atoms with Crippen molar-refractivity contribution in [2.75, 3.05) is 24.9 Å². The number of anilines is 2. The van der Waals surface area contributed by atoms with E-state index in [2.05, 4.69) is 33.2 Å². The Morgan fingerprint density at radius 1 is 0.917 bits per heavy atom. The highest BCUT2D eigenvalue weighted by Gasteiger charge is 2.17. The van der Waals surface area contributed by atoms with Gasteiger partial charge < -0.3 is 20.1 Å². The Hall–Kier alpha value is -2.29. The van der Waals surface area contributed by atoms with Crippen LogP contribution in [0.5, 0.6) is 11.5 Å². The molecule has 126 valence electrons. The Morgan fingerprint density at radius 3 is 2.12 bits per heavy atom. The Bertz CT molecular complexity index is 777. The van der Waals surface area contributed by atoms with Crippen LogP contribution in [0, 0.1) is 10.5 Å². The Morgan fingerprint density at radius 2 is 1.54 bits per heavy atom. The molecule has 2 N–H and O–H groups in total. The van der Waals surface area contributed by atoms with Gasteiger partial charge in [-0.05, 0) is 65.4 Å². The van der Waals surface area contributed by atoms with Crippen molar-refractivity contribution >= 4 is 45.8 Å². The van der Waals surface area contributed by atoms with Crippen LogP contribution in [0.1, 0.15) is 5.56 Å². The number of ether oxygens (including phenoxy) is 2. The molecule has 2 aromatic carbocycles. The normalized spacial score (nSPS) is 10.0. The van der Waals surface area contributed by atoms with E-state index in [4.69, 9.17) is 9.47 Å². The highest BCUT2D eigenvalue weighted by Crippen LogP contribution is 2.29. The fourth-order valence-corrected chi connectivity index (χ4v) is 2.67. The molecule has 0 atom stereocenters. The van der Waals surface area contributed by atoms with Gasteiger partial charge in [-0.1, -0.05) is 0 Å². The summed E-state index contributed by atoms with van der Waals surface area (Å²) in [5.41, 5.74) is 1.86. The second kappa shape index (κ2) is 8.00. The van der Waals surface area contributed by atoms with Gasteiger partial charge in [0.1, 0.15) is 11.5 Å². The van der Waals surface area contributed by atoms with Gasteiger partial charge in [0.2, 0.25) is 0 Å². The van der Waals surface area contributed by atoms with Crippen molar-refractivity contribution in [1.29, 1.82) is 0 Å². The molecule has 0 unspecified atom stereocenters. The van der Waals surface area contributed by atoms with Gasteiger partial charge in [-0.15, -0.1) is 0 Å². The summed E-state index contributed by atoms with van der Waals surface area (Å²) in [6.07, 6.45) is 0. The van der Waals surface area contributed by atoms with Crippen molar-refractivity contribution in [3.05, 3.63) is 45.5 Å². The minimum atomic E-state index is -0.781. The smallest absolute Gasteiger partial charge is 0.314 e. The molecule has 0 aromatic heterocycles. The lowest BCUT2D eigenvalue weighted by molar-refractivity contribution is -0.133. The molecule has 0 spiro atoms. The largest absolute Gasteiger partial charge is 0.497 e. The Kier molecular flexibility index (Phi) is 6.02. The fourth-order valence-electron chi connectivity index (χ4n) is 2.03. The van der Waals surface area contributed by atoms with Crippen LogP contribution in [0.2, 0.25) is 0 Å². The first kappa shape index (κ1) is 18.1. The first-order chi connectivity index (χ1) is 11.4. The number of rotatable bonds is 4. The SMILES string of the molecule is COc1ccc(NC(=O)C(=O)Nc2ccc(I)cc2C)c(OC)c1. The highest BCUT2D eigenvalue weighted by molar-refractivity contribution is 14.1. The molecule has 0 bridgehead atoms. The molecule has 0 aliphatic rings. The van der Waals surface area contributed by atoms with Crippen molar-refractivity contribution in [3.8, 4) is 11.5 Å². The lowest BCUT2D eigenvalue weighted by atomic mass is 10.2. The van der Waals surface area contributed by atoms with Crippen LogP contribution in [0.15, 0.2) is 36.4 Å². The number of amides is 2. The lowest BCUT2D eigenvalue weighted by Gasteiger charge is -2.12. The molecule has 0 saturated heterocycles. The van der Waals surface area contributed by atoms with Crippen molar-refractivity contribution in [2.45, 2.75) is 6.92 Å². The van der Waals surface area contributed by atoms with E-state index in [1.165, 1.54) is 14.2 Å². The monoisotopic (exact) mass is 440 g/mol. The fraction of sp³-hybridized carbons (Fsp3) is 0.176. The molecule has 2 rings (SSSR count). The molecule has 0 aliphatic carbocycles. The summed E-state index contributed by atoms with van der Waals surface area (Å²) in [4.78, 5) is 24.2. The quantitative estimate of drug-likeness (QED) is 0.566. The molecule has 0 radical (unpaired) electrons. The van der Waals surface area contributed by atoms with Crippen LogP contribution in [0.25, 0.3) is 0 Å². The minimum Gasteiger partial charge on any atom is -0.497 e. The van der Waals surface area contributed by atoms with Gasteiger partial charge in [-0.25, -0.2) is 0 Å². The first-order valence-electron chi connectivity index (χ1n) is 7.05. The molecular formula is C17H17IN2O4. The summed E-state index contributed by atoms with van der Waals surface area (Å²) in [6.45, 7) is 1.86. The van der Waals surface area contributed by atoms with Gasteiger partial charge in [0.25, 0.3) is 0 Å². The number of halogens is 1. The summed E-state index contributed by atoms with van der Waals surface area (Å²) in [5, 5.41) is 5.13. The molecule has 24 heavy (non-hydrogen) atoms. The van der Waals surface area contributed by atoms with Gasteiger partial charge in [0.05, 0.1) is 19.9 Å². The standard InChI is InChI=1S/C17H17IN2O4/c1-10-8-11(18)4-6-13(10)19-16(21)17(22)20-14-7-5-12(23-2)9-15(14)24-3/h4-9H,1-3H3,(H,19,21)(H,20,22). The zero-order chi connectivity index (χ0) is 17.7. The number of carbonyl (C=O) groups excluding carboxylic acids is 2. The predicted octanol–water partition coefficient (Wildman–Crippen LogP) is 3.19. The van der Waals surface area contributed by atoms with Crippen LogP contribution in [-0.4, -0.2) is 26.0 Å². The second-order valence-corrected chi connectivity index (χ2v) is 6.18. The van der Waals surface area contributed by atoms with Crippen LogP contribution in [-0.2, 0) is 9.59 Å². The van der Waals surface area contributed by atoms with Crippen molar-refractivity contribution in [2.24, 2.45) is 0 Å². The highest BCUT2D eigenvalue weighted by atomic mass is 127.